The number of morpholine rings is 1. The number of benzene rings is 1. The van der Waals surface area contributed by atoms with Gasteiger partial charge in [-0.2, -0.15) is 0 Å². The summed E-state index contributed by atoms with van der Waals surface area (Å²) < 4.78 is 7.24. The van der Waals surface area contributed by atoms with E-state index in [0.717, 1.165) is 73.6 Å². The van der Waals surface area contributed by atoms with E-state index in [-0.39, 0.29) is 11.8 Å². The smallest absolute Gasteiger partial charge is 0.224 e. The summed E-state index contributed by atoms with van der Waals surface area (Å²) in [6.07, 6.45) is 3.91. The predicted octanol–water partition coefficient (Wildman–Crippen LogP) is 2.43. The number of ether oxygens (including phenoxy) is 1. The molecule has 1 atom stereocenters. The molecular weight excluding hydrogens is 424 g/mol. The van der Waals surface area contributed by atoms with Crippen LogP contribution in [0.3, 0.4) is 0 Å². The van der Waals surface area contributed by atoms with Crippen LogP contribution in [-0.4, -0.2) is 77.9 Å². The van der Waals surface area contributed by atoms with Gasteiger partial charge in [0, 0.05) is 44.8 Å². The van der Waals surface area contributed by atoms with Crippen molar-refractivity contribution in [3.05, 3.63) is 36.0 Å². The topological polar surface area (TPSA) is 75.0 Å². The zero-order valence-corrected chi connectivity index (χ0v) is 19.3. The number of nitrogens with zero attached hydrogens (tertiary/aromatic N) is 5. The van der Waals surface area contributed by atoms with Crippen LogP contribution >= 0.6 is 11.3 Å². The standard InChI is InChI=1S/C23H30N6O2S/c1-17-4-6-18(7-5-17)20-16-29-22(25-20)32-23(26-29)28-9-2-3-19(15-28)21(30)24-8-10-27-11-13-31-14-12-27/h4-7,16,19H,2-3,8-15H2,1H3,(H,24,30). The van der Waals surface area contributed by atoms with Gasteiger partial charge in [0.2, 0.25) is 16.0 Å². The quantitative estimate of drug-likeness (QED) is 0.617. The van der Waals surface area contributed by atoms with Crippen molar-refractivity contribution in [2.24, 2.45) is 5.92 Å². The van der Waals surface area contributed by atoms with E-state index in [2.05, 4.69) is 46.3 Å². The molecule has 0 saturated carbocycles. The molecule has 9 heteroatoms. The molecule has 1 amide bonds. The lowest BCUT2D eigenvalue weighted by Crippen LogP contribution is -2.46. The molecule has 1 N–H and O–H groups in total. The first-order valence-electron chi connectivity index (χ1n) is 11.4. The molecule has 2 aliphatic heterocycles. The molecule has 1 aromatic carbocycles. The summed E-state index contributed by atoms with van der Waals surface area (Å²) in [5, 5.41) is 8.84. The van der Waals surface area contributed by atoms with Crippen molar-refractivity contribution >= 4 is 27.3 Å². The van der Waals surface area contributed by atoms with Crippen LogP contribution in [0.1, 0.15) is 18.4 Å². The number of imidazole rings is 1. The molecular formula is C23H30N6O2S. The SMILES string of the molecule is Cc1ccc(-c2cn3nc(N4CCCC(C(=O)NCCN5CCOCC5)C4)sc3n2)cc1. The number of hydrogen-bond donors (Lipinski definition) is 1. The van der Waals surface area contributed by atoms with Gasteiger partial charge in [-0.3, -0.25) is 9.69 Å². The Morgan fingerprint density at radius 1 is 1.22 bits per heavy atom. The molecule has 170 valence electrons. The van der Waals surface area contributed by atoms with Crippen LogP contribution in [0.4, 0.5) is 5.13 Å². The van der Waals surface area contributed by atoms with Crippen LogP contribution in [-0.2, 0) is 9.53 Å². The second-order valence-corrected chi connectivity index (χ2v) is 9.57. The third-order valence-corrected chi connectivity index (χ3v) is 7.26. The third kappa shape index (κ3) is 4.79. The largest absolute Gasteiger partial charge is 0.379 e. The Labute approximate surface area is 192 Å². The first kappa shape index (κ1) is 21.4. The van der Waals surface area contributed by atoms with Crippen molar-refractivity contribution in [3.63, 3.8) is 0 Å². The zero-order chi connectivity index (χ0) is 21.9. The molecule has 0 bridgehead atoms. The monoisotopic (exact) mass is 454 g/mol. The van der Waals surface area contributed by atoms with E-state index < -0.39 is 0 Å². The molecule has 0 aliphatic carbocycles. The Hall–Kier alpha value is -2.49. The van der Waals surface area contributed by atoms with Gasteiger partial charge in [-0.05, 0) is 19.8 Å². The number of nitrogens with one attached hydrogen (secondary N) is 1. The van der Waals surface area contributed by atoms with E-state index >= 15 is 0 Å². The van der Waals surface area contributed by atoms with Crippen LogP contribution in [0.15, 0.2) is 30.5 Å². The second kappa shape index (κ2) is 9.56. The van der Waals surface area contributed by atoms with Gasteiger partial charge in [0.05, 0.1) is 31.0 Å². The van der Waals surface area contributed by atoms with Crippen LogP contribution in [0.5, 0.6) is 0 Å². The predicted molar refractivity (Wildman–Crippen MR) is 126 cm³/mol. The van der Waals surface area contributed by atoms with Gasteiger partial charge >= 0.3 is 0 Å². The van der Waals surface area contributed by atoms with Crippen molar-refractivity contribution in [2.45, 2.75) is 19.8 Å². The minimum absolute atomic E-state index is 0.00720. The van der Waals surface area contributed by atoms with E-state index in [4.69, 9.17) is 14.8 Å². The molecule has 4 heterocycles. The lowest BCUT2D eigenvalue weighted by molar-refractivity contribution is -0.125. The number of hydrogen-bond acceptors (Lipinski definition) is 7. The molecule has 2 fully saturated rings. The maximum Gasteiger partial charge on any atom is 0.224 e. The number of aromatic nitrogens is 3. The highest BCUT2D eigenvalue weighted by molar-refractivity contribution is 7.20. The summed E-state index contributed by atoms with van der Waals surface area (Å²) in [4.78, 5) is 23.0. The molecule has 1 unspecified atom stereocenters. The van der Waals surface area contributed by atoms with Gasteiger partial charge in [0.25, 0.3) is 0 Å². The summed E-state index contributed by atoms with van der Waals surface area (Å²) in [7, 11) is 0. The van der Waals surface area contributed by atoms with E-state index in [1.54, 1.807) is 11.3 Å². The molecule has 8 nitrogen and oxygen atoms in total. The highest BCUT2D eigenvalue weighted by Crippen LogP contribution is 2.29. The normalized spacial score (nSPS) is 20.0. The summed E-state index contributed by atoms with van der Waals surface area (Å²) in [5.74, 6) is 0.165. The number of anilines is 1. The van der Waals surface area contributed by atoms with Crippen molar-refractivity contribution in [3.8, 4) is 11.3 Å². The molecule has 3 aromatic rings. The summed E-state index contributed by atoms with van der Waals surface area (Å²) >= 11 is 1.59. The number of amides is 1. The van der Waals surface area contributed by atoms with Crippen molar-refractivity contribution in [1.29, 1.82) is 0 Å². The van der Waals surface area contributed by atoms with E-state index in [9.17, 15) is 4.79 Å². The van der Waals surface area contributed by atoms with Gasteiger partial charge in [0.15, 0.2) is 0 Å². The Balaban J connectivity index is 1.18. The highest BCUT2D eigenvalue weighted by atomic mass is 32.1. The van der Waals surface area contributed by atoms with Crippen LogP contribution in [0.2, 0.25) is 0 Å². The maximum absolute atomic E-state index is 12.7. The average Bonchev–Trinajstić information content (AvgIpc) is 3.40. The minimum Gasteiger partial charge on any atom is -0.379 e. The maximum atomic E-state index is 12.7. The van der Waals surface area contributed by atoms with Gasteiger partial charge in [-0.25, -0.2) is 9.50 Å². The van der Waals surface area contributed by atoms with Crippen molar-refractivity contribution in [2.75, 3.05) is 57.4 Å². The van der Waals surface area contributed by atoms with Crippen LogP contribution in [0, 0.1) is 12.8 Å². The highest BCUT2D eigenvalue weighted by Gasteiger charge is 2.28. The van der Waals surface area contributed by atoms with E-state index in [0.29, 0.717) is 13.1 Å². The Bertz CT molecular complexity index is 1020. The average molecular weight is 455 g/mol. The molecule has 2 aliphatic rings. The number of aryl methyl sites for hydroxylation is 1. The molecule has 2 aromatic heterocycles. The third-order valence-electron chi connectivity index (χ3n) is 6.27. The van der Waals surface area contributed by atoms with Gasteiger partial charge in [0.1, 0.15) is 0 Å². The fourth-order valence-corrected chi connectivity index (χ4v) is 5.27. The second-order valence-electron chi connectivity index (χ2n) is 8.63. The molecule has 2 saturated heterocycles. The van der Waals surface area contributed by atoms with Gasteiger partial charge < -0.3 is 15.0 Å². The lowest BCUT2D eigenvalue weighted by Gasteiger charge is -2.32. The van der Waals surface area contributed by atoms with Gasteiger partial charge in [-0.15, -0.1) is 5.10 Å². The Kier molecular flexibility index (Phi) is 6.38. The number of carbonyl (C=O) groups excluding carboxylic acids is 1. The first-order chi connectivity index (χ1) is 15.7. The lowest BCUT2D eigenvalue weighted by atomic mass is 9.97. The number of piperidine rings is 1. The van der Waals surface area contributed by atoms with Crippen molar-refractivity contribution < 1.29 is 9.53 Å². The van der Waals surface area contributed by atoms with Crippen molar-refractivity contribution in [1.82, 2.24) is 24.8 Å². The number of fused-ring (bicyclic) bond motifs is 1. The molecule has 32 heavy (non-hydrogen) atoms. The van der Waals surface area contributed by atoms with E-state index in [1.807, 2.05) is 10.7 Å². The molecule has 0 radical (unpaired) electrons. The number of carbonyl (C=O) groups is 1. The zero-order valence-electron chi connectivity index (χ0n) is 18.5. The first-order valence-corrected chi connectivity index (χ1v) is 12.2. The van der Waals surface area contributed by atoms with Crippen LogP contribution < -0.4 is 10.2 Å². The summed E-state index contributed by atoms with van der Waals surface area (Å²) in [6, 6.07) is 8.38. The Morgan fingerprint density at radius 2 is 2.03 bits per heavy atom. The molecule has 5 rings (SSSR count). The minimum atomic E-state index is 0.00720. The fraction of sp³-hybridized carbons (Fsp3) is 0.522. The Morgan fingerprint density at radius 3 is 2.81 bits per heavy atom. The fourth-order valence-electron chi connectivity index (χ4n) is 4.35. The van der Waals surface area contributed by atoms with Crippen LogP contribution in [0.25, 0.3) is 16.2 Å². The van der Waals surface area contributed by atoms with Gasteiger partial charge in [-0.1, -0.05) is 41.2 Å². The summed E-state index contributed by atoms with van der Waals surface area (Å²) in [5.41, 5.74) is 3.27. The van der Waals surface area contributed by atoms with E-state index in [1.165, 1.54) is 5.56 Å². The number of rotatable bonds is 6. The summed E-state index contributed by atoms with van der Waals surface area (Å²) in [6.45, 7) is 8.78. The molecule has 0 spiro atoms.